The fourth-order valence-electron chi connectivity index (χ4n) is 3.61. The Morgan fingerprint density at radius 3 is 2.16 bits per heavy atom. The van der Waals surface area contributed by atoms with Crippen LogP contribution in [0.5, 0.6) is 0 Å². The lowest BCUT2D eigenvalue weighted by Crippen LogP contribution is -2.41. The van der Waals surface area contributed by atoms with Gasteiger partial charge in [0.1, 0.15) is 0 Å². The molecule has 4 nitrogen and oxygen atoms in total. The van der Waals surface area contributed by atoms with Crippen LogP contribution in [-0.4, -0.2) is 25.7 Å². The van der Waals surface area contributed by atoms with Gasteiger partial charge in [-0.15, -0.1) is 0 Å². The van der Waals surface area contributed by atoms with Crippen molar-refractivity contribution in [3.05, 3.63) is 29.3 Å². The van der Waals surface area contributed by atoms with Crippen LogP contribution in [0, 0.1) is 5.92 Å². The van der Waals surface area contributed by atoms with Crippen molar-refractivity contribution in [1.29, 1.82) is 0 Å². The van der Waals surface area contributed by atoms with Crippen LogP contribution in [0.1, 0.15) is 50.2 Å². The highest BCUT2D eigenvalue weighted by Gasteiger charge is 2.45. The highest BCUT2D eigenvalue weighted by molar-refractivity contribution is 7.90. The number of carbonyl (C=O) groups is 1. The van der Waals surface area contributed by atoms with E-state index in [1.807, 2.05) is 0 Å². The zero-order valence-corrected chi connectivity index (χ0v) is 14.9. The Morgan fingerprint density at radius 1 is 1.16 bits per heavy atom. The van der Waals surface area contributed by atoms with Gasteiger partial charge in [0, 0.05) is 6.26 Å². The number of benzene rings is 1. The van der Waals surface area contributed by atoms with Crippen LogP contribution in [0.4, 0.5) is 13.2 Å². The van der Waals surface area contributed by atoms with Gasteiger partial charge in [0.2, 0.25) is 0 Å². The number of aliphatic carboxylic acids is 1. The summed E-state index contributed by atoms with van der Waals surface area (Å²) in [7, 11) is -4.09. The predicted octanol–water partition coefficient (Wildman–Crippen LogP) is 4.03. The molecular formula is C17H21F3O4S. The van der Waals surface area contributed by atoms with E-state index < -0.39 is 37.9 Å². The largest absolute Gasteiger partial charge is 0.481 e. The molecule has 1 aliphatic carbocycles. The molecule has 1 aromatic carbocycles. The molecule has 0 amide bonds. The van der Waals surface area contributed by atoms with Crippen molar-refractivity contribution >= 4 is 15.8 Å². The second kappa shape index (κ2) is 6.63. The van der Waals surface area contributed by atoms with E-state index in [0.29, 0.717) is 25.2 Å². The van der Waals surface area contributed by atoms with Crippen LogP contribution in [0.15, 0.2) is 23.1 Å². The second-order valence-corrected chi connectivity index (χ2v) is 8.81. The average molecular weight is 378 g/mol. The summed E-state index contributed by atoms with van der Waals surface area (Å²) < 4.78 is 63.5. The molecule has 0 heterocycles. The van der Waals surface area contributed by atoms with Gasteiger partial charge in [-0.3, -0.25) is 4.79 Å². The van der Waals surface area contributed by atoms with Gasteiger partial charge < -0.3 is 5.11 Å². The monoisotopic (exact) mass is 378 g/mol. The van der Waals surface area contributed by atoms with E-state index in [9.17, 15) is 31.5 Å². The first-order chi connectivity index (χ1) is 11.4. The van der Waals surface area contributed by atoms with Gasteiger partial charge in [0.05, 0.1) is 15.9 Å². The topological polar surface area (TPSA) is 71.4 Å². The zero-order chi connectivity index (χ0) is 19.0. The number of rotatable bonds is 4. The van der Waals surface area contributed by atoms with Gasteiger partial charge >= 0.3 is 12.1 Å². The molecule has 1 aliphatic rings. The van der Waals surface area contributed by atoms with Crippen LogP contribution in [0.25, 0.3) is 0 Å². The minimum absolute atomic E-state index is 0.00775. The standard InChI is InChI=1S/C17H21F3O4S/c1-16(15(21)22,11-6-4-3-5-7-11)12-8-9-14(25(2,23)24)13(10-12)17(18,19)20/h8-11H,3-7H2,1-2H3,(H,21,22). The van der Waals surface area contributed by atoms with E-state index in [-0.39, 0.29) is 11.5 Å². The van der Waals surface area contributed by atoms with Crippen LogP contribution < -0.4 is 0 Å². The van der Waals surface area contributed by atoms with Crippen molar-refractivity contribution in [1.82, 2.24) is 0 Å². The molecule has 2 rings (SSSR count). The van der Waals surface area contributed by atoms with Crippen molar-refractivity contribution < 1.29 is 31.5 Å². The molecule has 0 spiro atoms. The summed E-state index contributed by atoms with van der Waals surface area (Å²) >= 11 is 0. The minimum atomic E-state index is -4.89. The molecule has 1 aromatic rings. The molecule has 1 fully saturated rings. The molecule has 0 aliphatic heterocycles. The Hall–Kier alpha value is -1.57. The van der Waals surface area contributed by atoms with Crippen molar-refractivity contribution in [3.63, 3.8) is 0 Å². The Kier molecular flexibility index (Phi) is 5.23. The SMILES string of the molecule is CC(C(=O)O)(c1ccc(S(C)(=O)=O)c(C(F)(F)F)c1)C1CCCCC1. The van der Waals surface area contributed by atoms with Crippen LogP contribution in [-0.2, 0) is 26.2 Å². The highest BCUT2D eigenvalue weighted by atomic mass is 32.2. The number of alkyl halides is 3. The number of sulfone groups is 1. The average Bonchev–Trinajstić information content (AvgIpc) is 2.52. The van der Waals surface area contributed by atoms with Crippen molar-refractivity contribution in [2.24, 2.45) is 5.92 Å². The van der Waals surface area contributed by atoms with Gasteiger partial charge in [-0.1, -0.05) is 25.3 Å². The smallest absolute Gasteiger partial charge is 0.417 e. The molecule has 0 saturated heterocycles. The zero-order valence-electron chi connectivity index (χ0n) is 14.1. The van der Waals surface area contributed by atoms with E-state index in [0.717, 1.165) is 25.3 Å². The summed E-state index contributed by atoms with van der Waals surface area (Å²) in [6, 6.07) is 2.77. The van der Waals surface area contributed by atoms with E-state index in [1.165, 1.54) is 13.0 Å². The molecule has 0 bridgehead atoms. The molecule has 0 radical (unpaired) electrons. The van der Waals surface area contributed by atoms with Crippen molar-refractivity contribution in [2.75, 3.05) is 6.26 Å². The van der Waals surface area contributed by atoms with E-state index in [2.05, 4.69) is 0 Å². The fraction of sp³-hybridized carbons (Fsp3) is 0.588. The number of carboxylic acids is 1. The van der Waals surface area contributed by atoms with E-state index >= 15 is 0 Å². The number of carboxylic acid groups (broad SMARTS) is 1. The molecule has 1 unspecified atom stereocenters. The van der Waals surface area contributed by atoms with Crippen LogP contribution in [0.3, 0.4) is 0 Å². The molecule has 1 saturated carbocycles. The first kappa shape index (κ1) is 19.8. The molecule has 8 heteroatoms. The highest BCUT2D eigenvalue weighted by Crippen LogP contribution is 2.44. The predicted molar refractivity (Wildman–Crippen MR) is 86.1 cm³/mol. The second-order valence-electron chi connectivity index (χ2n) is 6.82. The van der Waals surface area contributed by atoms with Gasteiger partial charge in [-0.25, -0.2) is 8.42 Å². The van der Waals surface area contributed by atoms with Gasteiger partial charge in [0.25, 0.3) is 0 Å². The molecule has 140 valence electrons. The molecule has 25 heavy (non-hydrogen) atoms. The molecule has 1 N–H and O–H groups in total. The normalized spacial score (nSPS) is 19.4. The number of hydrogen-bond acceptors (Lipinski definition) is 3. The number of halogens is 3. The lowest BCUT2D eigenvalue weighted by molar-refractivity contribution is -0.146. The Labute approximate surface area is 145 Å². The van der Waals surface area contributed by atoms with Crippen molar-refractivity contribution in [2.45, 2.75) is 55.5 Å². The Balaban J connectivity index is 2.66. The summed E-state index contributed by atoms with van der Waals surface area (Å²) in [6.45, 7) is 1.43. The lowest BCUT2D eigenvalue weighted by atomic mass is 9.66. The van der Waals surface area contributed by atoms with E-state index in [1.54, 1.807) is 0 Å². The third kappa shape index (κ3) is 3.83. The fourth-order valence-corrected chi connectivity index (χ4v) is 4.50. The van der Waals surface area contributed by atoms with Crippen LogP contribution in [0.2, 0.25) is 0 Å². The third-order valence-corrected chi connectivity index (χ3v) is 6.30. The summed E-state index contributed by atoms with van der Waals surface area (Å²) in [5.41, 5.74) is -2.81. The molecule has 0 aromatic heterocycles. The summed E-state index contributed by atoms with van der Waals surface area (Å²) in [4.78, 5) is 11.1. The van der Waals surface area contributed by atoms with Crippen molar-refractivity contribution in [3.8, 4) is 0 Å². The van der Waals surface area contributed by atoms with Gasteiger partial charge in [-0.05, 0) is 43.4 Å². The Bertz CT molecular complexity index is 765. The summed E-state index contributed by atoms with van der Waals surface area (Å²) in [5, 5.41) is 9.76. The first-order valence-corrected chi connectivity index (χ1v) is 9.93. The molecular weight excluding hydrogens is 357 g/mol. The lowest BCUT2D eigenvalue weighted by Gasteiger charge is -2.37. The first-order valence-electron chi connectivity index (χ1n) is 8.03. The van der Waals surface area contributed by atoms with Crippen LogP contribution >= 0.6 is 0 Å². The third-order valence-electron chi connectivity index (χ3n) is 5.15. The van der Waals surface area contributed by atoms with Gasteiger partial charge in [0.15, 0.2) is 9.84 Å². The maximum Gasteiger partial charge on any atom is 0.417 e. The summed E-state index contributed by atoms with van der Waals surface area (Å²) in [6.07, 6.45) is -0.291. The minimum Gasteiger partial charge on any atom is -0.481 e. The Morgan fingerprint density at radius 2 is 1.72 bits per heavy atom. The summed E-state index contributed by atoms with van der Waals surface area (Å²) in [5.74, 6) is -1.48. The van der Waals surface area contributed by atoms with E-state index in [4.69, 9.17) is 0 Å². The maximum atomic E-state index is 13.4. The quantitative estimate of drug-likeness (QED) is 0.859. The maximum absolute atomic E-state index is 13.4. The van der Waals surface area contributed by atoms with Gasteiger partial charge in [-0.2, -0.15) is 13.2 Å². The number of hydrogen-bond donors (Lipinski definition) is 1. The molecule has 1 atom stereocenters.